The van der Waals surface area contributed by atoms with Crippen LogP contribution in [0.25, 0.3) is 0 Å². The van der Waals surface area contributed by atoms with E-state index in [4.69, 9.17) is 0 Å². The maximum absolute atomic E-state index is 3.90. The molecule has 0 amide bonds. The molecule has 0 N–H and O–H groups in total. The number of rotatable bonds is 3. The maximum atomic E-state index is 3.90. The highest BCUT2D eigenvalue weighted by molar-refractivity contribution is 4.94. The molecule has 86 valence electrons. The van der Waals surface area contributed by atoms with Gasteiger partial charge in [-0.1, -0.05) is 25.8 Å². The zero-order valence-electron chi connectivity index (χ0n) is 10.1. The summed E-state index contributed by atoms with van der Waals surface area (Å²) in [7, 11) is 0. The summed E-state index contributed by atoms with van der Waals surface area (Å²) in [5.74, 6) is 0.978. The minimum atomic E-state index is 0.815. The Bertz CT molecular complexity index is 211. The Kier molecular flexibility index (Phi) is 3.85. The second-order valence-electron chi connectivity index (χ2n) is 5.22. The minimum Gasteiger partial charge on any atom is -0.297 e. The van der Waals surface area contributed by atoms with Crippen LogP contribution in [0, 0.1) is 5.92 Å². The molecule has 0 unspecified atom stereocenters. The van der Waals surface area contributed by atoms with Crippen LogP contribution in [0.2, 0.25) is 0 Å². The summed E-state index contributed by atoms with van der Waals surface area (Å²) in [6.45, 7) is 7.62. The van der Waals surface area contributed by atoms with E-state index in [2.05, 4.69) is 24.5 Å². The predicted octanol–water partition coefficient (Wildman–Crippen LogP) is 3.61. The van der Waals surface area contributed by atoms with E-state index < -0.39 is 0 Å². The lowest BCUT2D eigenvalue weighted by atomic mass is 9.78. The van der Waals surface area contributed by atoms with Crippen molar-refractivity contribution in [1.29, 1.82) is 0 Å². The summed E-state index contributed by atoms with van der Waals surface area (Å²) in [6, 6.07) is 1.72. The van der Waals surface area contributed by atoms with Crippen LogP contribution >= 0.6 is 0 Å². The molecule has 2 fully saturated rings. The van der Waals surface area contributed by atoms with E-state index in [9.17, 15) is 0 Å². The smallest absolute Gasteiger partial charge is 0.0133 e. The molecule has 0 aromatic carbocycles. The van der Waals surface area contributed by atoms with Crippen LogP contribution in [0.4, 0.5) is 0 Å². The number of piperidine rings is 2. The molecule has 1 heteroatoms. The van der Waals surface area contributed by atoms with Crippen LogP contribution in [-0.2, 0) is 0 Å². The molecule has 0 bridgehead atoms. The third-order valence-electron chi connectivity index (χ3n) is 4.44. The van der Waals surface area contributed by atoms with E-state index >= 15 is 0 Å². The van der Waals surface area contributed by atoms with Crippen LogP contribution < -0.4 is 0 Å². The topological polar surface area (TPSA) is 3.24 Å². The second-order valence-corrected chi connectivity index (χ2v) is 5.22. The van der Waals surface area contributed by atoms with Gasteiger partial charge in [-0.15, -0.1) is 6.58 Å². The van der Waals surface area contributed by atoms with Gasteiger partial charge >= 0.3 is 0 Å². The van der Waals surface area contributed by atoms with Gasteiger partial charge in [0.05, 0.1) is 0 Å². The van der Waals surface area contributed by atoms with Gasteiger partial charge in [-0.2, -0.15) is 0 Å². The van der Waals surface area contributed by atoms with E-state index in [1.807, 2.05) is 0 Å². The third-order valence-corrected chi connectivity index (χ3v) is 4.44. The van der Waals surface area contributed by atoms with Gasteiger partial charge in [-0.05, 0) is 44.6 Å². The van der Waals surface area contributed by atoms with Crippen molar-refractivity contribution in [1.82, 2.24) is 4.90 Å². The largest absolute Gasteiger partial charge is 0.297 e. The first-order chi connectivity index (χ1) is 7.36. The summed E-state index contributed by atoms with van der Waals surface area (Å²) >= 11 is 0. The maximum Gasteiger partial charge on any atom is 0.0133 e. The van der Waals surface area contributed by atoms with Crippen molar-refractivity contribution in [3.8, 4) is 0 Å². The second kappa shape index (κ2) is 5.16. The molecule has 0 aromatic heterocycles. The zero-order chi connectivity index (χ0) is 10.7. The highest BCUT2D eigenvalue weighted by Crippen LogP contribution is 2.36. The van der Waals surface area contributed by atoms with E-state index in [-0.39, 0.29) is 0 Å². The fraction of sp³-hybridized carbons (Fsp3) is 0.857. The third kappa shape index (κ3) is 2.28. The number of fused-ring (bicyclic) bond motifs is 1. The lowest BCUT2D eigenvalue weighted by Crippen LogP contribution is -2.52. The minimum absolute atomic E-state index is 0.815. The Morgan fingerprint density at radius 1 is 1.27 bits per heavy atom. The van der Waals surface area contributed by atoms with Gasteiger partial charge in [-0.25, -0.2) is 0 Å². The van der Waals surface area contributed by atoms with Crippen molar-refractivity contribution in [2.45, 2.75) is 64.0 Å². The van der Waals surface area contributed by atoms with Crippen LogP contribution in [0.1, 0.15) is 51.9 Å². The lowest BCUT2D eigenvalue weighted by molar-refractivity contribution is 0.0118. The summed E-state index contributed by atoms with van der Waals surface area (Å²) in [5, 5.41) is 0. The Hall–Kier alpha value is -0.300. The molecule has 2 aliphatic rings. The molecule has 0 spiro atoms. The fourth-order valence-electron chi connectivity index (χ4n) is 3.63. The van der Waals surface area contributed by atoms with Gasteiger partial charge in [0, 0.05) is 12.1 Å². The van der Waals surface area contributed by atoms with Crippen LogP contribution in [0.15, 0.2) is 12.7 Å². The average molecular weight is 207 g/mol. The molecular weight excluding hydrogens is 182 g/mol. The SMILES string of the molecule is C=CC[C@H]1CC[C@@H](CC)[C@H]2CCCCN12. The van der Waals surface area contributed by atoms with E-state index in [1.165, 1.54) is 51.5 Å². The first-order valence-corrected chi connectivity index (χ1v) is 6.73. The molecule has 2 saturated heterocycles. The average Bonchev–Trinajstić information content (AvgIpc) is 2.30. The highest BCUT2D eigenvalue weighted by atomic mass is 15.2. The number of hydrogen-bond donors (Lipinski definition) is 0. The zero-order valence-corrected chi connectivity index (χ0v) is 10.1. The van der Waals surface area contributed by atoms with Crippen molar-refractivity contribution >= 4 is 0 Å². The van der Waals surface area contributed by atoms with E-state index in [0.717, 1.165) is 18.0 Å². The molecule has 2 aliphatic heterocycles. The molecule has 2 heterocycles. The first kappa shape index (κ1) is 11.2. The molecule has 1 nitrogen and oxygen atoms in total. The van der Waals surface area contributed by atoms with Crippen molar-refractivity contribution in [2.75, 3.05) is 6.54 Å². The Balaban J connectivity index is 2.04. The first-order valence-electron chi connectivity index (χ1n) is 6.73. The van der Waals surface area contributed by atoms with Crippen LogP contribution in [0.5, 0.6) is 0 Å². The van der Waals surface area contributed by atoms with Crippen LogP contribution in [-0.4, -0.2) is 23.5 Å². The van der Waals surface area contributed by atoms with Crippen molar-refractivity contribution < 1.29 is 0 Å². The molecular formula is C14H25N. The van der Waals surface area contributed by atoms with Gasteiger partial charge in [0.15, 0.2) is 0 Å². The summed E-state index contributed by atoms with van der Waals surface area (Å²) in [6.07, 6.45) is 11.9. The Labute approximate surface area is 94.5 Å². The fourth-order valence-corrected chi connectivity index (χ4v) is 3.63. The quantitative estimate of drug-likeness (QED) is 0.639. The molecule has 15 heavy (non-hydrogen) atoms. The molecule has 0 saturated carbocycles. The Morgan fingerprint density at radius 2 is 2.13 bits per heavy atom. The molecule has 0 radical (unpaired) electrons. The van der Waals surface area contributed by atoms with Gasteiger partial charge in [0.1, 0.15) is 0 Å². The van der Waals surface area contributed by atoms with E-state index in [1.54, 1.807) is 0 Å². The van der Waals surface area contributed by atoms with Gasteiger partial charge < -0.3 is 0 Å². The standard InChI is InChI=1S/C14H25N/c1-3-7-13-10-9-12(4-2)14-8-5-6-11-15(13)14/h3,12-14H,1,4-11H2,2H3/t12-,13+,14-/m1/s1. The summed E-state index contributed by atoms with van der Waals surface area (Å²) in [4.78, 5) is 2.81. The number of hydrogen-bond acceptors (Lipinski definition) is 1. The lowest BCUT2D eigenvalue weighted by Gasteiger charge is -2.49. The van der Waals surface area contributed by atoms with Gasteiger partial charge in [-0.3, -0.25) is 4.90 Å². The summed E-state index contributed by atoms with van der Waals surface area (Å²) < 4.78 is 0. The number of nitrogens with zero attached hydrogens (tertiary/aromatic N) is 1. The van der Waals surface area contributed by atoms with Crippen molar-refractivity contribution in [2.24, 2.45) is 5.92 Å². The normalized spacial score (nSPS) is 37.3. The monoisotopic (exact) mass is 207 g/mol. The molecule has 0 aliphatic carbocycles. The molecule has 0 aromatic rings. The van der Waals surface area contributed by atoms with Crippen molar-refractivity contribution in [3.63, 3.8) is 0 Å². The van der Waals surface area contributed by atoms with Crippen LogP contribution in [0.3, 0.4) is 0 Å². The van der Waals surface area contributed by atoms with Crippen molar-refractivity contribution in [3.05, 3.63) is 12.7 Å². The summed E-state index contributed by atoms with van der Waals surface area (Å²) in [5.41, 5.74) is 0. The predicted molar refractivity (Wildman–Crippen MR) is 66.0 cm³/mol. The van der Waals surface area contributed by atoms with E-state index in [0.29, 0.717) is 0 Å². The Morgan fingerprint density at radius 3 is 2.87 bits per heavy atom. The molecule has 2 rings (SSSR count). The van der Waals surface area contributed by atoms with Gasteiger partial charge in [0.2, 0.25) is 0 Å². The van der Waals surface area contributed by atoms with Gasteiger partial charge in [0.25, 0.3) is 0 Å². The molecule has 3 atom stereocenters. The highest BCUT2D eigenvalue weighted by Gasteiger charge is 2.36.